The van der Waals surface area contributed by atoms with Crippen LogP contribution in [0.25, 0.3) is 0 Å². The molecule has 4 N–H and O–H groups in total. The van der Waals surface area contributed by atoms with E-state index in [1.807, 2.05) is 66.8 Å². The van der Waals surface area contributed by atoms with Crippen LogP contribution in [0.3, 0.4) is 0 Å². The van der Waals surface area contributed by atoms with Gasteiger partial charge in [-0.3, -0.25) is 10.1 Å². The number of ether oxygens (including phenoxy) is 1. The van der Waals surface area contributed by atoms with Crippen LogP contribution in [0.4, 0.5) is 4.79 Å². The third kappa shape index (κ3) is 5.93. The smallest absolute Gasteiger partial charge is 0.321 e. The summed E-state index contributed by atoms with van der Waals surface area (Å²) in [6, 6.07) is 16.1. The van der Waals surface area contributed by atoms with Gasteiger partial charge in [0.15, 0.2) is 6.04 Å². The first-order chi connectivity index (χ1) is 12.1. The lowest BCUT2D eigenvalue weighted by Gasteiger charge is -2.15. The summed E-state index contributed by atoms with van der Waals surface area (Å²) in [6.45, 7) is 3.06. The number of aryl methyl sites for hydroxylation is 1. The van der Waals surface area contributed by atoms with Gasteiger partial charge in [-0.1, -0.05) is 48.0 Å². The van der Waals surface area contributed by atoms with Gasteiger partial charge >= 0.3 is 6.03 Å². The van der Waals surface area contributed by atoms with E-state index in [0.717, 1.165) is 11.3 Å². The number of hydrogen-bond acceptors (Lipinski definition) is 3. The Morgan fingerprint density at radius 3 is 2.40 bits per heavy atom. The lowest BCUT2D eigenvalue weighted by molar-refractivity contribution is -0.683. The van der Waals surface area contributed by atoms with Crippen LogP contribution in [0, 0.1) is 6.92 Å². The third-order valence-electron chi connectivity index (χ3n) is 3.71. The molecule has 0 aliphatic rings. The van der Waals surface area contributed by atoms with E-state index in [2.05, 4.69) is 10.6 Å². The molecular formula is C19H24N3O3+. The van der Waals surface area contributed by atoms with Crippen molar-refractivity contribution in [2.24, 2.45) is 0 Å². The van der Waals surface area contributed by atoms with Crippen LogP contribution < -0.4 is 20.7 Å². The molecule has 132 valence electrons. The molecule has 0 radical (unpaired) electrons. The summed E-state index contributed by atoms with van der Waals surface area (Å²) in [4.78, 5) is 23.8. The van der Waals surface area contributed by atoms with E-state index in [4.69, 9.17) is 4.74 Å². The second kappa shape index (κ2) is 9.44. The Morgan fingerprint density at radius 2 is 1.76 bits per heavy atom. The highest BCUT2D eigenvalue weighted by Crippen LogP contribution is 2.11. The van der Waals surface area contributed by atoms with Crippen molar-refractivity contribution >= 4 is 11.9 Å². The van der Waals surface area contributed by atoms with Gasteiger partial charge in [0, 0.05) is 12.6 Å². The summed E-state index contributed by atoms with van der Waals surface area (Å²) in [5.74, 6) is 0.436. The predicted molar refractivity (Wildman–Crippen MR) is 95.2 cm³/mol. The Balaban J connectivity index is 1.92. The number of benzene rings is 2. The molecule has 0 saturated heterocycles. The van der Waals surface area contributed by atoms with E-state index in [0.29, 0.717) is 13.2 Å². The minimum Gasteiger partial charge on any atom is -0.488 e. The molecule has 0 heterocycles. The van der Waals surface area contributed by atoms with E-state index in [9.17, 15) is 9.59 Å². The summed E-state index contributed by atoms with van der Waals surface area (Å²) in [7, 11) is 1.47. The number of nitrogens with one attached hydrogen (secondary N) is 2. The largest absolute Gasteiger partial charge is 0.488 e. The number of urea groups is 1. The van der Waals surface area contributed by atoms with E-state index >= 15 is 0 Å². The van der Waals surface area contributed by atoms with E-state index in [1.54, 1.807) is 0 Å². The molecule has 0 spiro atoms. The van der Waals surface area contributed by atoms with Crippen molar-refractivity contribution in [3.63, 3.8) is 0 Å². The lowest BCUT2D eigenvalue weighted by atomic mass is 10.1. The van der Waals surface area contributed by atoms with Gasteiger partial charge < -0.3 is 15.4 Å². The maximum absolute atomic E-state index is 12.4. The fourth-order valence-corrected chi connectivity index (χ4v) is 2.35. The number of hydrogen-bond donors (Lipinski definition) is 3. The van der Waals surface area contributed by atoms with Crippen molar-refractivity contribution in [3.8, 4) is 5.75 Å². The Hall–Kier alpha value is -2.86. The monoisotopic (exact) mass is 342 g/mol. The van der Waals surface area contributed by atoms with Crippen molar-refractivity contribution in [3.05, 3.63) is 65.7 Å². The summed E-state index contributed by atoms with van der Waals surface area (Å²) in [5, 5.41) is 6.58. The van der Waals surface area contributed by atoms with Crippen LogP contribution >= 0.6 is 0 Å². The van der Waals surface area contributed by atoms with Crippen LogP contribution in [-0.2, 0) is 4.79 Å². The Bertz CT molecular complexity index is 687. The fourth-order valence-electron chi connectivity index (χ4n) is 2.35. The average Bonchev–Trinajstić information content (AvgIpc) is 2.63. The fraction of sp³-hybridized carbons (Fsp3) is 0.263. The van der Waals surface area contributed by atoms with Crippen LogP contribution in [0.2, 0.25) is 0 Å². The molecule has 3 amide bonds. The zero-order valence-corrected chi connectivity index (χ0v) is 14.5. The molecular weight excluding hydrogens is 318 g/mol. The van der Waals surface area contributed by atoms with Crippen molar-refractivity contribution in [1.29, 1.82) is 0 Å². The van der Waals surface area contributed by atoms with Gasteiger partial charge in [0.1, 0.15) is 18.9 Å². The molecule has 2 aromatic rings. The van der Waals surface area contributed by atoms with Gasteiger partial charge in [-0.2, -0.15) is 0 Å². The topological polar surface area (TPSA) is 84.0 Å². The molecule has 6 nitrogen and oxygen atoms in total. The van der Waals surface area contributed by atoms with Gasteiger partial charge in [-0.25, -0.2) is 4.79 Å². The molecule has 0 aromatic heterocycles. The molecule has 0 unspecified atom stereocenters. The number of nitrogens with two attached hydrogens (primary N) is 1. The van der Waals surface area contributed by atoms with Gasteiger partial charge in [-0.15, -0.1) is 0 Å². The van der Waals surface area contributed by atoms with Crippen LogP contribution in [0.1, 0.15) is 17.2 Å². The van der Waals surface area contributed by atoms with Crippen molar-refractivity contribution in [2.75, 3.05) is 20.2 Å². The molecule has 2 aromatic carbocycles. The van der Waals surface area contributed by atoms with E-state index < -0.39 is 12.1 Å². The van der Waals surface area contributed by atoms with Crippen LogP contribution in [0.5, 0.6) is 5.75 Å². The predicted octanol–water partition coefficient (Wildman–Crippen LogP) is 1.13. The number of imide groups is 1. The lowest BCUT2D eigenvalue weighted by Crippen LogP contribution is -2.88. The van der Waals surface area contributed by atoms with E-state index in [1.165, 1.54) is 12.6 Å². The summed E-state index contributed by atoms with van der Waals surface area (Å²) in [6.07, 6.45) is 0. The normalized spacial score (nSPS) is 11.4. The minimum absolute atomic E-state index is 0.360. The van der Waals surface area contributed by atoms with Crippen LogP contribution in [-0.4, -0.2) is 32.1 Å². The van der Waals surface area contributed by atoms with Crippen molar-refractivity contribution < 1.29 is 19.6 Å². The molecule has 0 aliphatic heterocycles. The number of carbonyl (C=O) groups excluding carboxylic acids is 2. The maximum Gasteiger partial charge on any atom is 0.321 e. The van der Waals surface area contributed by atoms with Gasteiger partial charge in [-0.05, 0) is 19.1 Å². The molecule has 0 fully saturated rings. The molecule has 0 saturated carbocycles. The second-order valence-electron chi connectivity index (χ2n) is 5.64. The summed E-state index contributed by atoms with van der Waals surface area (Å²) in [5.41, 5.74) is 2.01. The van der Waals surface area contributed by atoms with Crippen molar-refractivity contribution in [2.45, 2.75) is 13.0 Å². The quantitative estimate of drug-likeness (QED) is 0.660. The molecule has 0 bridgehead atoms. The molecule has 25 heavy (non-hydrogen) atoms. The number of rotatable bonds is 7. The molecule has 0 aliphatic carbocycles. The standard InChI is InChI=1S/C19H23N3O3/c1-14-8-10-16(11-9-14)25-13-12-21-17(15-6-4-3-5-7-15)18(23)22-19(24)20-2/h3-11,17,21H,12-13H2,1-2H3,(H2,20,22,23,24)/p+1/t17-/m1/s1. The Kier molecular flexibility index (Phi) is 6.98. The first-order valence-electron chi connectivity index (χ1n) is 8.20. The molecule has 2 rings (SSSR count). The highest BCUT2D eigenvalue weighted by Gasteiger charge is 2.25. The van der Waals surface area contributed by atoms with E-state index in [-0.39, 0.29) is 5.91 Å². The minimum atomic E-state index is -0.518. The average molecular weight is 342 g/mol. The molecule has 1 atom stereocenters. The SMILES string of the molecule is CNC(=O)NC(=O)[C@H]([NH2+]CCOc1ccc(C)cc1)c1ccccc1. The zero-order valence-electron chi connectivity index (χ0n) is 14.5. The Morgan fingerprint density at radius 1 is 1.08 bits per heavy atom. The number of carbonyl (C=O) groups is 2. The maximum atomic E-state index is 12.4. The highest BCUT2D eigenvalue weighted by atomic mass is 16.5. The summed E-state index contributed by atoms with van der Waals surface area (Å²) < 4.78 is 5.69. The van der Waals surface area contributed by atoms with Gasteiger partial charge in [0.05, 0.1) is 0 Å². The zero-order chi connectivity index (χ0) is 18.1. The van der Waals surface area contributed by atoms with Gasteiger partial charge in [0.25, 0.3) is 5.91 Å². The summed E-state index contributed by atoms with van der Waals surface area (Å²) >= 11 is 0. The first-order valence-corrected chi connectivity index (χ1v) is 8.20. The third-order valence-corrected chi connectivity index (χ3v) is 3.71. The Labute approximate surface area is 147 Å². The number of quaternary nitrogens is 1. The molecule has 6 heteroatoms. The first kappa shape index (κ1) is 18.5. The van der Waals surface area contributed by atoms with Crippen molar-refractivity contribution in [1.82, 2.24) is 10.6 Å². The van der Waals surface area contributed by atoms with Crippen LogP contribution in [0.15, 0.2) is 54.6 Å². The van der Waals surface area contributed by atoms with Gasteiger partial charge in [0.2, 0.25) is 0 Å². The number of amides is 3. The highest BCUT2D eigenvalue weighted by molar-refractivity contribution is 5.96. The second-order valence-corrected chi connectivity index (χ2v) is 5.64.